The molecule has 0 unspecified atom stereocenters. The smallest absolute Gasteiger partial charge is 0.276 e. The third-order valence-corrected chi connectivity index (χ3v) is 5.60. The number of rotatable bonds is 7. The predicted octanol–water partition coefficient (Wildman–Crippen LogP) is 5.47. The van der Waals surface area contributed by atoms with Crippen LogP contribution in [0.5, 0.6) is 0 Å². The third-order valence-electron chi connectivity index (χ3n) is 4.41. The molecule has 0 saturated heterocycles. The number of thiophene rings is 1. The van der Waals surface area contributed by atoms with Gasteiger partial charge in [-0.05, 0) is 36.9 Å². The van der Waals surface area contributed by atoms with E-state index >= 15 is 0 Å². The zero-order chi connectivity index (χ0) is 21.1. The van der Waals surface area contributed by atoms with Crippen LogP contribution in [0.25, 0.3) is 22.2 Å². The Morgan fingerprint density at radius 2 is 1.97 bits per heavy atom. The van der Waals surface area contributed by atoms with Crippen molar-refractivity contribution < 1.29 is 13.6 Å². The van der Waals surface area contributed by atoms with Gasteiger partial charge in [-0.15, -0.1) is 21.5 Å². The lowest BCUT2D eigenvalue weighted by atomic mass is 10.2. The number of halogens is 1. The molecule has 0 aliphatic carbocycles. The summed E-state index contributed by atoms with van der Waals surface area (Å²) in [5.74, 6) is 1.33. The summed E-state index contributed by atoms with van der Waals surface area (Å²) >= 11 is 7.71. The van der Waals surface area contributed by atoms with Gasteiger partial charge in [0.05, 0.1) is 22.0 Å². The Kier molecular flexibility index (Phi) is 5.96. The number of benzene rings is 1. The maximum Gasteiger partial charge on any atom is 0.276 e. The van der Waals surface area contributed by atoms with Crippen LogP contribution in [-0.4, -0.2) is 32.5 Å². The largest absolute Gasteiger partial charge is 0.440 e. The van der Waals surface area contributed by atoms with Gasteiger partial charge in [-0.3, -0.25) is 4.79 Å². The number of oxazole rings is 1. The van der Waals surface area contributed by atoms with Crippen molar-refractivity contribution in [3.05, 3.63) is 64.1 Å². The fourth-order valence-electron chi connectivity index (χ4n) is 3.00. The second-order valence-electron chi connectivity index (χ2n) is 6.61. The average molecular weight is 443 g/mol. The van der Waals surface area contributed by atoms with Crippen LogP contribution in [-0.2, 0) is 6.54 Å². The van der Waals surface area contributed by atoms with E-state index in [-0.39, 0.29) is 18.1 Å². The molecule has 0 fully saturated rings. The van der Waals surface area contributed by atoms with Crippen LogP contribution in [0.1, 0.15) is 35.5 Å². The van der Waals surface area contributed by atoms with Crippen molar-refractivity contribution in [2.45, 2.75) is 26.8 Å². The van der Waals surface area contributed by atoms with Gasteiger partial charge in [0.15, 0.2) is 5.69 Å². The van der Waals surface area contributed by atoms with Crippen molar-refractivity contribution in [2.75, 3.05) is 6.54 Å². The molecule has 3 heterocycles. The van der Waals surface area contributed by atoms with Crippen LogP contribution in [0.3, 0.4) is 0 Å². The molecule has 0 saturated carbocycles. The van der Waals surface area contributed by atoms with E-state index in [2.05, 4.69) is 15.2 Å². The third kappa shape index (κ3) is 4.15. The van der Waals surface area contributed by atoms with E-state index < -0.39 is 0 Å². The van der Waals surface area contributed by atoms with Gasteiger partial charge in [-0.1, -0.05) is 36.7 Å². The molecule has 1 amide bonds. The summed E-state index contributed by atoms with van der Waals surface area (Å²) in [7, 11) is 0. The average Bonchev–Trinajstić information content (AvgIpc) is 3.48. The lowest BCUT2D eigenvalue weighted by Gasteiger charge is -2.19. The second-order valence-corrected chi connectivity index (χ2v) is 7.96. The number of aryl methyl sites for hydroxylation is 1. The van der Waals surface area contributed by atoms with Crippen molar-refractivity contribution in [1.82, 2.24) is 20.1 Å². The molecule has 0 spiro atoms. The summed E-state index contributed by atoms with van der Waals surface area (Å²) in [5, 5.41) is 10.6. The predicted molar refractivity (Wildman–Crippen MR) is 114 cm³/mol. The number of carbonyl (C=O) groups is 1. The van der Waals surface area contributed by atoms with E-state index in [1.807, 2.05) is 36.6 Å². The second kappa shape index (κ2) is 8.81. The molecule has 0 aliphatic heterocycles. The lowest BCUT2D eigenvalue weighted by molar-refractivity contribution is 0.0721. The highest BCUT2D eigenvalue weighted by Gasteiger charge is 2.25. The molecule has 9 heteroatoms. The molecule has 4 rings (SSSR count). The molecule has 7 nitrogen and oxygen atoms in total. The van der Waals surface area contributed by atoms with Gasteiger partial charge in [-0.25, -0.2) is 4.98 Å². The highest BCUT2D eigenvalue weighted by atomic mass is 35.5. The maximum atomic E-state index is 13.2. The van der Waals surface area contributed by atoms with Gasteiger partial charge in [0.1, 0.15) is 5.76 Å². The fraction of sp³-hybridized carbons (Fsp3) is 0.238. The van der Waals surface area contributed by atoms with Crippen LogP contribution in [0.15, 0.2) is 50.6 Å². The number of carbonyl (C=O) groups excluding carboxylic acids is 1. The van der Waals surface area contributed by atoms with Crippen molar-refractivity contribution in [3.63, 3.8) is 0 Å². The summed E-state index contributed by atoms with van der Waals surface area (Å²) in [6.45, 7) is 4.42. The molecule has 0 aliphatic rings. The first-order valence-electron chi connectivity index (χ1n) is 9.44. The Labute approximate surface area is 182 Å². The van der Waals surface area contributed by atoms with Crippen LogP contribution < -0.4 is 0 Å². The van der Waals surface area contributed by atoms with Crippen LogP contribution in [0, 0.1) is 6.92 Å². The van der Waals surface area contributed by atoms with Gasteiger partial charge in [0.25, 0.3) is 5.91 Å². The minimum atomic E-state index is -0.238. The zero-order valence-electron chi connectivity index (χ0n) is 16.5. The Morgan fingerprint density at radius 3 is 2.70 bits per heavy atom. The van der Waals surface area contributed by atoms with Crippen LogP contribution in [0.4, 0.5) is 0 Å². The van der Waals surface area contributed by atoms with Gasteiger partial charge in [0, 0.05) is 6.54 Å². The van der Waals surface area contributed by atoms with Crippen molar-refractivity contribution >= 4 is 28.8 Å². The van der Waals surface area contributed by atoms with Gasteiger partial charge in [-0.2, -0.15) is 0 Å². The molecule has 0 radical (unpaired) electrons. The SMILES string of the molecule is CCCN(Cc1nnc(-c2ccccc2Cl)o1)C(=O)c1nc(-c2cccs2)oc1C. The first-order valence-corrected chi connectivity index (χ1v) is 10.7. The van der Waals surface area contributed by atoms with Gasteiger partial charge >= 0.3 is 0 Å². The molecule has 30 heavy (non-hydrogen) atoms. The maximum absolute atomic E-state index is 13.2. The van der Waals surface area contributed by atoms with Gasteiger partial charge < -0.3 is 13.7 Å². The van der Waals surface area contributed by atoms with Gasteiger partial charge in [0.2, 0.25) is 17.7 Å². The monoisotopic (exact) mass is 442 g/mol. The zero-order valence-corrected chi connectivity index (χ0v) is 18.0. The van der Waals surface area contributed by atoms with Crippen LogP contribution in [0.2, 0.25) is 5.02 Å². The van der Waals surface area contributed by atoms with E-state index in [9.17, 15) is 4.79 Å². The van der Waals surface area contributed by atoms with Crippen molar-refractivity contribution in [1.29, 1.82) is 0 Å². The molecule has 4 aromatic rings. The lowest BCUT2D eigenvalue weighted by Crippen LogP contribution is -2.32. The molecule has 154 valence electrons. The number of nitrogens with zero attached hydrogens (tertiary/aromatic N) is 4. The molecule has 1 aromatic carbocycles. The van der Waals surface area contributed by atoms with E-state index in [0.717, 1.165) is 11.3 Å². The Hall–Kier alpha value is -2.97. The molecule has 0 atom stereocenters. The highest BCUT2D eigenvalue weighted by Crippen LogP contribution is 2.28. The summed E-state index contributed by atoms with van der Waals surface area (Å²) < 4.78 is 11.5. The molecule has 3 aromatic heterocycles. The summed E-state index contributed by atoms with van der Waals surface area (Å²) in [5.41, 5.74) is 0.942. The minimum Gasteiger partial charge on any atom is -0.440 e. The number of amides is 1. The topological polar surface area (TPSA) is 85.3 Å². The number of hydrogen-bond donors (Lipinski definition) is 0. The summed E-state index contributed by atoms with van der Waals surface area (Å²) in [6, 6.07) is 11.1. The van der Waals surface area contributed by atoms with E-state index in [1.54, 1.807) is 24.0 Å². The summed E-state index contributed by atoms with van der Waals surface area (Å²) in [6.07, 6.45) is 0.770. The van der Waals surface area contributed by atoms with E-state index in [0.29, 0.717) is 40.6 Å². The standard InChI is InChI=1S/C21H19ClN4O3S/c1-3-10-26(12-17-24-25-19(29-17)14-7-4-5-8-15(14)22)21(27)18-13(2)28-20(23-18)16-9-6-11-30-16/h4-9,11H,3,10,12H2,1-2H3. The highest BCUT2D eigenvalue weighted by molar-refractivity contribution is 7.13. The van der Waals surface area contributed by atoms with Crippen molar-refractivity contribution in [2.24, 2.45) is 0 Å². The summed E-state index contributed by atoms with van der Waals surface area (Å²) in [4.78, 5) is 20.1. The Morgan fingerprint density at radius 1 is 1.13 bits per heavy atom. The molecule has 0 bridgehead atoms. The van der Waals surface area contributed by atoms with Crippen molar-refractivity contribution in [3.8, 4) is 22.2 Å². The Bertz CT molecular complexity index is 1150. The molecular weight excluding hydrogens is 424 g/mol. The first-order chi connectivity index (χ1) is 14.6. The van der Waals surface area contributed by atoms with E-state index in [1.165, 1.54) is 11.3 Å². The molecule has 0 N–H and O–H groups in total. The number of hydrogen-bond acceptors (Lipinski definition) is 7. The quantitative estimate of drug-likeness (QED) is 0.377. The molecular formula is C21H19ClN4O3S. The Balaban J connectivity index is 1.56. The minimum absolute atomic E-state index is 0.171. The number of aromatic nitrogens is 3. The normalized spacial score (nSPS) is 11.0. The van der Waals surface area contributed by atoms with Crippen LogP contribution >= 0.6 is 22.9 Å². The first kappa shape index (κ1) is 20.3. The van der Waals surface area contributed by atoms with E-state index in [4.69, 9.17) is 20.4 Å². The fourth-order valence-corrected chi connectivity index (χ4v) is 3.86.